The van der Waals surface area contributed by atoms with Gasteiger partial charge in [-0.25, -0.2) is 0 Å². The van der Waals surface area contributed by atoms with Gasteiger partial charge >= 0.3 is 0 Å². The summed E-state index contributed by atoms with van der Waals surface area (Å²) in [6, 6.07) is 10.8. The van der Waals surface area contributed by atoms with E-state index in [-0.39, 0.29) is 24.5 Å². The minimum absolute atomic E-state index is 0.0334. The average Bonchev–Trinajstić information content (AvgIpc) is 2.74. The van der Waals surface area contributed by atoms with Crippen LogP contribution in [-0.2, 0) is 11.3 Å². The van der Waals surface area contributed by atoms with Gasteiger partial charge in [0.05, 0.1) is 17.3 Å². The predicted molar refractivity (Wildman–Crippen MR) is 107 cm³/mol. The minimum Gasteiger partial charge on any atom is -0.489 e. The van der Waals surface area contributed by atoms with E-state index >= 15 is 0 Å². The monoisotopic (exact) mass is 399 g/mol. The molecule has 1 aromatic carbocycles. The summed E-state index contributed by atoms with van der Waals surface area (Å²) in [5.74, 6) is 0.350. The standard InChI is InChI=1S/C21H22ClN3O3/c1-2-20(26)24-14-16-13-15(7-10-23-16)21(27)25-11-8-17(9-12-25)28-19-6-4-3-5-18(19)22/h2-7,10,13,17H,1,8-9,11-12,14H2,(H,24,26). The van der Waals surface area contributed by atoms with Crippen molar-refractivity contribution in [2.75, 3.05) is 13.1 Å². The number of ether oxygens (including phenoxy) is 1. The largest absolute Gasteiger partial charge is 0.489 e. The molecule has 6 nitrogen and oxygen atoms in total. The molecular formula is C21H22ClN3O3. The van der Waals surface area contributed by atoms with E-state index in [0.717, 1.165) is 12.8 Å². The zero-order chi connectivity index (χ0) is 19.9. The van der Waals surface area contributed by atoms with Crippen LogP contribution in [0.25, 0.3) is 0 Å². The highest BCUT2D eigenvalue weighted by Crippen LogP contribution is 2.27. The third-order valence-electron chi connectivity index (χ3n) is 4.55. The fourth-order valence-corrected chi connectivity index (χ4v) is 3.22. The Hall–Kier alpha value is -2.86. The van der Waals surface area contributed by atoms with Crippen molar-refractivity contribution in [1.29, 1.82) is 0 Å². The summed E-state index contributed by atoms with van der Waals surface area (Å²) in [6.07, 6.45) is 4.29. The van der Waals surface area contributed by atoms with Crippen molar-refractivity contribution in [1.82, 2.24) is 15.2 Å². The number of amides is 2. The number of halogens is 1. The Kier molecular flexibility index (Phi) is 6.66. The summed E-state index contributed by atoms with van der Waals surface area (Å²) in [7, 11) is 0. The lowest BCUT2D eigenvalue weighted by Crippen LogP contribution is -2.41. The van der Waals surface area contributed by atoms with Gasteiger partial charge in [-0.3, -0.25) is 14.6 Å². The van der Waals surface area contributed by atoms with Crippen LogP contribution in [0.5, 0.6) is 5.75 Å². The Balaban J connectivity index is 1.55. The molecule has 1 aromatic heterocycles. The van der Waals surface area contributed by atoms with Crippen LogP contribution in [0.15, 0.2) is 55.3 Å². The lowest BCUT2D eigenvalue weighted by atomic mass is 10.1. The molecule has 0 spiro atoms. The smallest absolute Gasteiger partial charge is 0.253 e. The van der Waals surface area contributed by atoms with Crippen molar-refractivity contribution < 1.29 is 14.3 Å². The zero-order valence-electron chi connectivity index (χ0n) is 15.4. The topological polar surface area (TPSA) is 71.5 Å². The number of rotatable bonds is 6. The average molecular weight is 400 g/mol. The van der Waals surface area contributed by atoms with Crippen molar-refractivity contribution in [2.45, 2.75) is 25.5 Å². The molecule has 0 atom stereocenters. The second-order valence-electron chi connectivity index (χ2n) is 6.50. The summed E-state index contributed by atoms with van der Waals surface area (Å²) in [5, 5.41) is 3.25. The van der Waals surface area contributed by atoms with E-state index in [1.807, 2.05) is 23.1 Å². The van der Waals surface area contributed by atoms with Gasteiger partial charge in [-0.2, -0.15) is 0 Å². The van der Waals surface area contributed by atoms with Crippen LogP contribution in [-0.4, -0.2) is 40.9 Å². The summed E-state index contributed by atoms with van der Waals surface area (Å²) in [6.45, 7) is 4.88. The van der Waals surface area contributed by atoms with Gasteiger partial charge in [0.1, 0.15) is 11.9 Å². The Morgan fingerprint density at radius 1 is 1.29 bits per heavy atom. The van der Waals surface area contributed by atoms with Gasteiger partial charge in [0.2, 0.25) is 5.91 Å². The first-order chi connectivity index (χ1) is 13.6. The first-order valence-corrected chi connectivity index (χ1v) is 9.50. The number of pyridine rings is 1. The molecule has 0 aliphatic carbocycles. The molecule has 0 bridgehead atoms. The van der Waals surface area contributed by atoms with E-state index in [0.29, 0.717) is 35.1 Å². The lowest BCUT2D eigenvalue weighted by molar-refractivity contribution is -0.116. The van der Waals surface area contributed by atoms with Gasteiger partial charge < -0.3 is 15.0 Å². The third kappa shape index (κ3) is 5.10. The second-order valence-corrected chi connectivity index (χ2v) is 6.90. The van der Waals surface area contributed by atoms with Crippen LogP contribution in [0.2, 0.25) is 5.02 Å². The Bertz CT molecular complexity index is 863. The lowest BCUT2D eigenvalue weighted by Gasteiger charge is -2.32. The van der Waals surface area contributed by atoms with Gasteiger partial charge in [0, 0.05) is 37.7 Å². The summed E-state index contributed by atoms with van der Waals surface area (Å²) in [5.41, 5.74) is 1.18. The maximum atomic E-state index is 12.8. The molecule has 0 saturated carbocycles. The molecule has 146 valence electrons. The highest BCUT2D eigenvalue weighted by molar-refractivity contribution is 6.32. The number of piperidine rings is 1. The molecule has 2 heterocycles. The molecule has 1 N–H and O–H groups in total. The fraction of sp³-hybridized carbons (Fsp3) is 0.286. The maximum Gasteiger partial charge on any atom is 0.253 e. The van der Waals surface area contributed by atoms with Crippen LogP contribution < -0.4 is 10.1 Å². The predicted octanol–water partition coefficient (Wildman–Crippen LogP) is 3.22. The van der Waals surface area contributed by atoms with Crippen LogP contribution in [0, 0.1) is 0 Å². The highest BCUT2D eigenvalue weighted by atomic mass is 35.5. The number of likely N-dealkylation sites (tertiary alicyclic amines) is 1. The molecular weight excluding hydrogens is 378 g/mol. The number of nitrogens with zero attached hydrogens (tertiary/aromatic N) is 2. The first kappa shape index (κ1) is 19.9. The van der Waals surface area contributed by atoms with E-state index < -0.39 is 0 Å². The number of para-hydroxylation sites is 1. The summed E-state index contributed by atoms with van der Waals surface area (Å²) in [4.78, 5) is 30.1. The number of hydrogen-bond donors (Lipinski definition) is 1. The van der Waals surface area contributed by atoms with Crippen LogP contribution in [0.3, 0.4) is 0 Å². The van der Waals surface area contributed by atoms with Crippen molar-refractivity contribution >= 4 is 23.4 Å². The number of aromatic nitrogens is 1. The van der Waals surface area contributed by atoms with E-state index in [1.54, 1.807) is 24.4 Å². The van der Waals surface area contributed by atoms with Crippen LogP contribution >= 0.6 is 11.6 Å². The number of carbonyl (C=O) groups is 2. The third-order valence-corrected chi connectivity index (χ3v) is 4.86. The minimum atomic E-state index is -0.279. The summed E-state index contributed by atoms with van der Waals surface area (Å²) < 4.78 is 5.98. The summed E-state index contributed by atoms with van der Waals surface area (Å²) >= 11 is 6.14. The normalized spacial score (nSPS) is 14.4. The van der Waals surface area contributed by atoms with E-state index in [1.165, 1.54) is 6.08 Å². The molecule has 28 heavy (non-hydrogen) atoms. The number of carbonyl (C=O) groups excluding carboxylic acids is 2. The van der Waals surface area contributed by atoms with Crippen molar-refractivity contribution in [2.24, 2.45) is 0 Å². The molecule has 1 fully saturated rings. The molecule has 2 amide bonds. The Morgan fingerprint density at radius 2 is 2.04 bits per heavy atom. The van der Waals surface area contributed by atoms with Gasteiger partial charge in [-0.1, -0.05) is 30.3 Å². The first-order valence-electron chi connectivity index (χ1n) is 9.12. The van der Waals surface area contributed by atoms with E-state index in [4.69, 9.17) is 16.3 Å². The Labute approximate surface area is 169 Å². The Morgan fingerprint density at radius 3 is 2.75 bits per heavy atom. The van der Waals surface area contributed by atoms with Crippen LogP contribution in [0.4, 0.5) is 0 Å². The van der Waals surface area contributed by atoms with Gasteiger partial charge in [-0.05, 0) is 30.3 Å². The van der Waals surface area contributed by atoms with Gasteiger partial charge in [0.15, 0.2) is 0 Å². The number of benzene rings is 1. The maximum absolute atomic E-state index is 12.8. The van der Waals surface area contributed by atoms with Gasteiger partial charge in [0.25, 0.3) is 5.91 Å². The van der Waals surface area contributed by atoms with Crippen molar-refractivity contribution in [3.8, 4) is 5.75 Å². The SMILES string of the molecule is C=CC(=O)NCc1cc(C(=O)N2CCC(Oc3ccccc3Cl)CC2)ccn1. The molecule has 0 unspecified atom stereocenters. The van der Waals surface area contributed by atoms with E-state index in [2.05, 4.69) is 16.9 Å². The molecule has 1 aliphatic rings. The molecule has 0 radical (unpaired) electrons. The second kappa shape index (κ2) is 9.37. The fourth-order valence-electron chi connectivity index (χ4n) is 3.04. The molecule has 1 saturated heterocycles. The quantitative estimate of drug-likeness (QED) is 0.757. The zero-order valence-corrected chi connectivity index (χ0v) is 16.2. The van der Waals surface area contributed by atoms with Gasteiger partial charge in [-0.15, -0.1) is 0 Å². The number of hydrogen-bond acceptors (Lipinski definition) is 4. The van der Waals surface area contributed by atoms with Crippen molar-refractivity contribution in [3.63, 3.8) is 0 Å². The molecule has 3 rings (SSSR count). The molecule has 1 aliphatic heterocycles. The molecule has 7 heteroatoms. The number of nitrogens with one attached hydrogen (secondary N) is 1. The highest BCUT2D eigenvalue weighted by Gasteiger charge is 2.25. The van der Waals surface area contributed by atoms with Crippen LogP contribution in [0.1, 0.15) is 28.9 Å². The molecule has 2 aromatic rings. The van der Waals surface area contributed by atoms with Crippen molar-refractivity contribution in [3.05, 3.63) is 71.5 Å². The van der Waals surface area contributed by atoms with E-state index in [9.17, 15) is 9.59 Å².